The predicted molar refractivity (Wildman–Crippen MR) is 73.2 cm³/mol. The summed E-state index contributed by atoms with van der Waals surface area (Å²) in [6, 6.07) is 0. The number of nitrogens with one attached hydrogen (secondary N) is 2. The molecular weight excluding hydrogens is 256 g/mol. The summed E-state index contributed by atoms with van der Waals surface area (Å²) in [5.74, 6) is 0. The molecular formula is C9H12N6S2. The third-order valence-electron chi connectivity index (χ3n) is 2.16. The van der Waals surface area contributed by atoms with Gasteiger partial charge in [0, 0.05) is 21.1 Å². The number of thiocarbonyl (C=S) groups is 1. The number of imidazole rings is 1. The molecule has 2 heterocycles. The first-order valence-corrected chi connectivity index (χ1v) is 6.12. The highest BCUT2D eigenvalue weighted by Gasteiger charge is 2.09. The van der Waals surface area contributed by atoms with Gasteiger partial charge in [-0.05, 0) is 12.2 Å². The van der Waals surface area contributed by atoms with Gasteiger partial charge in [-0.25, -0.2) is 4.98 Å². The van der Waals surface area contributed by atoms with Gasteiger partial charge < -0.3 is 15.2 Å². The van der Waals surface area contributed by atoms with Gasteiger partial charge in [0.25, 0.3) is 0 Å². The van der Waals surface area contributed by atoms with Crippen molar-refractivity contribution in [3.63, 3.8) is 0 Å². The molecule has 17 heavy (non-hydrogen) atoms. The third kappa shape index (κ3) is 2.27. The zero-order valence-corrected chi connectivity index (χ0v) is 11.3. The lowest BCUT2D eigenvalue weighted by Crippen LogP contribution is -2.24. The van der Waals surface area contributed by atoms with Crippen LogP contribution in [0.1, 0.15) is 0 Å². The monoisotopic (exact) mass is 268 g/mol. The lowest BCUT2D eigenvalue weighted by atomic mass is 10.5. The molecule has 0 aliphatic carbocycles. The first kappa shape index (κ1) is 11.9. The van der Waals surface area contributed by atoms with Crippen LogP contribution in [0.3, 0.4) is 0 Å². The number of aromatic nitrogens is 3. The van der Waals surface area contributed by atoms with E-state index in [-0.39, 0.29) is 0 Å². The van der Waals surface area contributed by atoms with Gasteiger partial charge in [-0.3, -0.25) is 4.99 Å². The van der Waals surface area contributed by atoms with Crippen molar-refractivity contribution in [2.24, 2.45) is 12.0 Å². The van der Waals surface area contributed by atoms with E-state index in [4.69, 9.17) is 12.2 Å². The molecule has 2 aromatic rings. The maximum atomic E-state index is 5.09. The molecule has 2 rings (SSSR count). The van der Waals surface area contributed by atoms with Crippen molar-refractivity contribution < 1.29 is 0 Å². The first-order valence-electron chi connectivity index (χ1n) is 4.89. The summed E-state index contributed by atoms with van der Waals surface area (Å²) in [5.41, 5.74) is 1.58. The Morgan fingerprint density at radius 1 is 1.59 bits per heavy atom. The summed E-state index contributed by atoms with van der Waals surface area (Å²) in [5, 5.41) is 7.34. The Labute approximate surface area is 107 Å². The molecule has 6 nitrogen and oxygen atoms in total. The van der Waals surface area contributed by atoms with Crippen molar-refractivity contribution in [3.05, 3.63) is 11.1 Å². The summed E-state index contributed by atoms with van der Waals surface area (Å²) in [6.07, 6.45) is 1.72. The van der Waals surface area contributed by atoms with E-state index in [2.05, 4.69) is 25.6 Å². The largest absolute Gasteiger partial charge is 0.366 e. The second kappa shape index (κ2) is 4.76. The summed E-state index contributed by atoms with van der Waals surface area (Å²) >= 11 is 6.50. The third-order valence-corrected chi connectivity index (χ3v) is 3.42. The number of aryl methyl sites for hydroxylation is 1. The van der Waals surface area contributed by atoms with Gasteiger partial charge in [-0.1, -0.05) is 11.3 Å². The van der Waals surface area contributed by atoms with Gasteiger partial charge in [0.1, 0.15) is 10.5 Å². The van der Waals surface area contributed by atoms with Gasteiger partial charge in [-0.15, -0.1) is 0 Å². The van der Waals surface area contributed by atoms with Crippen molar-refractivity contribution in [1.29, 1.82) is 0 Å². The van der Waals surface area contributed by atoms with Gasteiger partial charge in [-0.2, -0.15) is 4.98 Å². The topological polar surface area (TPSA) is 67.1 Å². The van der Waals surface area contributed by atoms with E-state index >= 15 is 0 Å². The molecule has 0 bridgehead atoms. The summed E-state index contributed by atoms with van der Waals surface area (Å²) in [6.45, 7) is 0. The van der Waals surface area contributed by atoms with Crippen LogP contribution in [0.25, 0.3) is 11.2 Å². The van der Waals surface area contributed by atoms with E-state index in [0.717, 1.165) is 16.2 Å². The van der Waals surface area contributed by atoms with Crippen molar-refractivity contribution in [1.82, 2.24) is 19.9 Å². The SMILES string of the molecule is CN=c1nc2c(ncn2C)c(NC(=S)NC)s1. The van der Waals surface area contributed by atoms with Crippen LogP contribution in [0, 0.1) is 0 Å². The van der Waals surface area contributed by atoms with E-state index in [1.807, 2.05) is 11.6 Å². The van der Waals surface area contributed by atoms with Gasteiger partial charge >= 0.3 is 0 Å². The van der Waals surface area contributed by atoms with E-state index in [1.54, 1.807) is 20.4 Å². The first-order chi connectivity index (χ1) is 8.15. The predicted octanol–water partition coefficient (Wildman–Crippen LogP) is 0.476. The molecule has 0 saturated carbocycles. The quantitative estimate of drug-likeness (QED) is 0.736. The fourth-order valence-electron chi connectivity index (χ4n) is 1.31. The molecule has 0 fully saturated rings. The maximum absolute atomic E-state index is 5.09. The average molecular weight is 268 g/mol. The highest BCUT2D eigenvalue weighted by Crippen LogP contribution is 2.21. The van der Waals surface area contributed by atoms with Crippen molar-refractivity contribution in [2.45, 2.75) is 0 Å². The van der Waals surface area contributed by atoms with Crippen LogP contribution in [0.2, 0.25) is 0 Å². The fourth-order valence-corrected chi connectivity index (χ4v) is 2.28. The second-order valence-corrected chi connectivity index (χ2v) is 4.67. The molecule has 0 saturated heterocycles. The Morgan fingerprint density at radius 2 is 2.35 bits per heavy atom. The normalized spacial score (nSPS) is 11.8. The lowest BCUT2D eigenvalue weighted by molar-refractivity contribution is 0.926. The van der Waals surface area contributed by atoms with Crippen molar-refractivity contribution in [3.8, 4) is 0 Å². The Bertz CT molecular complexity index is 626. The molecule has 0 spiro atoms. The Hall–Kier alpha value is -1.54. The van der Waals surface area contributed by atoms with Gasteiger partial charge in [0.05, 0.1) is 6.33 Å². The number of rotatable bonds is 1. The molecule has 0 aliphatic heterocycles. The number of nitrogens with zero attached hydrogens (tertiary/aromatic N) is 4. The summed E-state index contributed by atoms with van der Waals surface area (Å²) in [7, 11) is 5.37. The minimum Gasteiger partial charge on any atom is -0.366 e. The molecule has 8 heteroatoms. The van der Waals surface area contributed by atoms with Crippen molar-refractivity contribution >= 4 is 44.8 Å². The van der Waals surface area contributed by atoms with Crippen LogP contribution in [-0.2, 0) is 7.05 Å². The van der Waals surface area contributed by atoms with E-state index in [1.165, 1.54) is 11.3 Å². The number of hydrogen-bond acceptors (Lipinski definition) is 5. The molecule has 0 aliphatic rings. The van der Waals surface area contributed by atoms with Gasteiger partial charge in [0.15, 0.2) is 10.8 Å². The fraction of sp³-hybridized carbons (Fsp3) is 0.333. The average Bonchev–Trinajstić information content (AvgIpc) is 2.71. The number of hydrogen-bond donors (Lipinski definition) is 2. The zero-order valence-electron chi connectivity index (χ0n) is 9.68. The van der Waals surface area contributed by atoms with Crippen LogP contribution in [-0.4, -0.2) is 33.7 Å². The molecule has 0 atom stereocenters. The number of anilines is 1. The molecule has 2 aromatic heterocycles. The highest BCUT2D eigenvalue weighted by molar-refractivity contribution is 7.80. The standard InChI is InChI=1S/C9H12N6S2/c1-10-8(16)14-7-5-6(15(3)4-12-5)13-9(11-2)17-7/h4H,1-3H3,(H2,10,14,16). The lowest BCUT2D eigenvalue weighted by Gasteiger charge is -2.06. The molecule has 0 radical (unpaired) electrons. The van der Waals surface area contributed by atoms with E-state index in [9.17, 15) is 0 Å². The zero-order chi connectivity index (χ0) is 12.4. The van der Waals surface area contributed by atoms with Crippen LogP contribution in [0.5, 0.6) is 0 Å². The van der Waals surface area contributed by atoms with Crippen molar-refractivity contribution in [2.75, 3.05) is 19.4 Å². The second-order valence-electron chi connectivity index (χ2n) is 3.28. The van der Waals surface area contributed by atoms with Crippen LogP contribution < -0.4 is 15.4 Å². The Kier molecular flexibility index (Phi) is 3.34. The van der Waals surface area contributed by atoms with Crippen LogP contribution >= 0.6 is 23.6 Å². The minimum absolute atomic E-state index is 0.543. The molecule has 0 unspecified atom stereocenters. The molecule has 0 aromatic carbocycles. The van der Waals surface area contributed by atoms with Crippen LogP contribution in [0.4, 0.5) is 5.00 Å². The summed E-state index contributed by atoms with van der Waals surface area (Å²) in [4.78, 5) is 13.5. The van der Waals surface area contributed by atoms with E-state index < -0.39 is 0 Å². The number of fused-ring (bicyclic) bond motifs is 1. The van der Waals surface area contributed by atoms with Crippen LogP contribution in [0.15, 0.2) is 11.3 Å². The van der Waals surface area contributed by atoms with E-state index in [0.29, 0.717) is 9.91 Å². The molecule has 0 amide bonds. The highest BCUT2D eigenvalue weighted by atomic mass is 32.1. The maximum Gasteiger partial charge on any atom is 0.208 e. The smallest absolute Gasteiger partial charge is 0.208 e. The summed E-state index contributed by atoms with van der Waals surface area (Å²) < 4.78 is 1.85. The molecule has 90 valence electrons. The Balaban J connectivity index is 2.64. The Morgan fingerprint density at radius 3 is 3.00 bits per heavy atom. The molecule has 2 N–H and O–H groups in total. The van der Waals surface area contributed by atoms with Gasteiger partial charge in [0.2, 0.25) is 4.80 Å². The minimum atomic E-state index is 0.543.